The number of rotatable bonds is 10. The van der Waals surface area contributed by atoms with Gasteiger partial charge in [-0.05, 0) is 93.9 Å². The molecule has 288 valence electrons. The average molecular weight is 762 g/mol. The maximum absolute atomic E-state index is 13.2. The molecule has 1 aromatic heterocycles. The number of aromatic nitrogens is 2. The Hall–Kier alpha value is -6.38. The average Bonchev–Trinajstić information content (AvgIpc) is 3.80. The molecule has 2 N–H and O–H groups in total. The molecule has 1 aliphatic carbocycles. The lowest BCUT2D eigenvalue weighted by molar-refractivity contribution is -0.0944. The second-order valence-corrected chi connectivity index (χ2v) is 14.5. The Labute approximate surface area is 330 Å². The van der Waals surface area contributed by atoms with Gasteiger partial charge in [-0.1, -0.05) is 78.6 Å². The Morgan fingerprint density at radius 3 is 2.05 bits per heavy atom. The highest BCUT2D eigenvalue weighted by Gasteiger charge is 2.42. The summed E-state index contributed by atoms with van der Waals surface area (Å²) >= 11 is 0. The number of hydrogen-bond acceptors (Lipinski definition) is 8. The fourth-order valence-electron chi connectivity index (χ4n) is 7.80. The van der Waals surface area contributed by atoms with E-state index in [1.807, 2.05) is 99.0 Å². The molecule has 10 nitrogen and oxygen atoms in total. The summed E-state index contributed by atoms with van der Waals surface area (Å²) in [5, 5.41) is 11.4. The molecule has 0 saturated carbocycles. The molecule has 3 atom stereocenters. The highest BCUT2D eigenvalue weighted by Crippen LogP contribution is 2.43. The molecule has 0 bridgehead atoms. The summed E-state index contributed by atoms with van der Waals surface area (Å²) < 4.78 is 25.5. The van der Waals surface area contributed by atoms with Gasteiger partial charge < -0.3 is 29.0 Å². The summed E-state index contributed by atoms with van der Waals surface area (Å²) in [6, 6.07) is 37.7. The van der Waals surface area contributed by atoms with Crippen molar-refractivity contribution < 1.29 is 24.1 Å². The Morgan fingerprint density at radius 2 is 1.42 bits per heavy atom. The SMILES string of the molecule is COc1ccc(C(OC[C@H]2O[C@@H](n3cc(C#Cc4ccc5c(c4)Cc4cc(N(C)C)ccc4-5)c(=O)[nH]c3=O)C[C@@H]2O)(c2ccccc2)c2ccc(OC)cc2)cc1. The van der Waals surface area contributed by atoms with Gasteiger partial charge in [0.05, 0.1) is 26.9 Å². The minimum atomic E-state index is -1.13. The van der Waals surface area contributed by atoms with Crippen molar-refractivity contribution in [2.24, 2.45) is 0 Å². The molecule has 0 unspecified atom stereocenters. The van der Waals surface area contributed by atoms with E-state index in [2.05, 4.69) is 52.1 Å². The van der Waals surface area contributed by atoms with Gasteiger partial charge in [-0.3, -0.25) is 14.3 Å². The molecule has 8 rings (SSSR count). The van der Waals surface area contributed by atoms with Gasteiger partial charge >= 0.3 is 5.69 Å². The monoisotopic (exact) mass is 761 g/mol. The van der Waals surface area contributed by atoms with Gasteiger partial charge in [0.1, 0.15) is 35.0 Å². The Morgan fingerprint density at radius 1 is 0.807 bits per heavy atom. The fourth-order valence-corrected chi connectivity index (χ4v) is 7.80. The highest BCUT2D eigenvalue weighted by molar-refractivity contribution is 5.79. The topological polar surface area (TPSA) is 115 Å². The summed E-state index contributed by atoms with van der Waals surface area (Å²) in [5.74, 6) is 7.48. The van der Waals surface area contributed by atoms with Crippen LogP contribution in [0.2, 0.25) is 0 Å². The summed E-state index contributed by atoms with van der Waals surface area (Å²) in [7, 11) is 7.29. The molecule has 1 fully saturated rings. The van der Waals surface area contributed by atoms with E-state index in [-0.39, 0.29) is 18.6 Å². The van der Waals surface area contributed by atoms with Crippen LogP contribution in [-0.4, -0.2) is 61.8 Å². The van der Waals surface area contributed by atoms with E-state index in [0.717, 1.165) is 34.4 Å². The molecular formula is C47H43N3O7. The largest absolute Gasteiger partial charge is 0.497 e. The quantitative estimate of drug-likeness (QED) is 0.124. The van der Waals surface area contributed by atoms with Gasteiger partial charge in [0.25, 0.3) is 5.56 Å². The number of hydrogen-bond donors (Lipinski definition) is 2. The molecule has 2 aliphatic rings. The van der Waals surface area contributed by atoms with E-state index >= 15 is 0 Å². The normalized spacial score (nSPS) is 17.0. The van der Waals surface area contributed by atoms with Crippen LogP contribution in [0.25, 0.3) is 11.1 Å². The molecule has 10 heteroatoms. The maximum atomic E-state index is 13.2. The first-order chi connectivity index (χ1) is 27.7. The molecule has 0 radical (unpaired) electrons. The number of fused-ring (bicyclic) bond motifs is 3. The van der Waals surface area contributed by atoms with E-state index < -0.39 is 35.3 Å². The number of aliphatic hydroxyl groups is 1. The van der Waals surface area contributed by atoms with Crippen molar-refractivity contribution in [2.75, 3.05) is 39.8 Å². The van der Waals surface area contributed by atoms with Crippen LogP contribution in [0.15, 0.2) is 131 Å². The Bertz CT molecular complexity index is 2540. The molecule has 2 heterocycles. The first-order valence-electron chi connectivity index (χ1n) is 18.8. The molecule has 57 heavy (non-hydrogen) atoms. The van der Waals surface area contributed by atoms with Crippen LogP contribution in [-0.2, 0) is 21.5 Å². The van der Waals surface area contributed by atoms with Gasteiger partial charge in [0.2, 0.25) is 0 Å². The fraction of sp³-hybridized carbons (Fsp3) is 0.234. The Balaban J connectivity index is 1.05. The number of nitrogens with zero attached hydrogens (tertiary/aromatic N) is 2. The number of H-pyrrole nitrogens is 1. The number of aromatic amines is 1. The van der Waals surface area contributed by atoms with Crippen LogP contribution in [0.1, 0.15) is 51.6 Å². The molecule has 5 aromatic carbocycles. The van der Waals surface area contributed by atoms with Crippen molar-refractivity contribution in [3.63, 3.8) is 0 Å². The molecular weight excluding hydrogens is 719 g/mol. The zero-order chi connectivity index (χ0) is 39.7. The third-order valence-corrected chi connectivity index (χ3v) is 10.8. The molecule has 1 aliphatic heterocycles. The molecule has 0 spiro atoms. The van der Waals surface area contributed by atoms with Crippen LogP contribution >= 0.6 is 0 Å². The van der Waals surface area contributed by atoms with E-state index in [1.54, 1.807) is 14.2 Å². The third kappa shape index (κ3) is 7.25. The summed E-state index contributed by atoms with van der Waals surface area (Å²) in [6.07, 6.45) is -0.370. The number of nitrogens with one attached hydrogen (secondary N) is 1. The van der Waals surface area contributed by atoms with Crippen molar-refractivity contribution in [1.29, 1.82) is 0 Å². The number of anilines is 1. The van der Waals surface area contributed by atoms with Crippen molar-refractivity contribution in [3.8, 4) is 34.5 Å². The predicted molar refractivity (Wildman–Crippen MR) is 219 cm³/mol. The van der Waals surface area contributed by atoms with Crippen LogP contribution < -0.4 is 25.6 Å². The minimum Gasteiger partial charge on any atom is -0.497 e. The summed E-state index contributed by atoms with van der Waals surface area (Å²) in [6.45, 7) is -0.0337. The zero-order valence-corrected chi connectivity index (χ0v) is 32.2. The number of methoxy groups -OCH3 is 2. The molecule has 6 aromatic rings. The number of aliphatic hydroxyl groups excluding tert-OH is 1. The van der Waals surface area contributed by atoms with Crippen molar-refractivity contribution in [2.45, 2.75) is 36.9 Å². The van der Waals surface area contributed by atoms with Gasteiger partial charge in [-0.25, -0.2) is 4.79 Å². The lowest BCUT2D eigenvalue weighted by atomic mass is 9.80. The van der Waals surface area contributed by atoms with E-state index in [9.17, 15) is 14.7 Å². The standard InChI is InChI=1S/C47H43N3O7/c1-49(2)37-17-23-41-33(26-37)25-32-24-30(11-22-40(32)41)10-12-31-28-50(46(53)48-45(31)52)44-27-42(51)43(57-44)29-56-47(34-8-6-5-7-9-34,35-13-18-38(54-3)19-14-35)36-15-20-39(55-4)21-16-36/h5-9,11,13-24,26,28,42-44,51H,25,27,29H2,1-4H3,(H,48,52,53)/t42-,43+,44+/m0/s1. The smallest absolute Gasteiger partial charge is 0.330 e. The lowest BCUT2D eigenvalue weighted by Crippen LogP contribution is -2.38. The zero-order valence-electron chi connectivity index (χ0n) is 32.2. The van der Waals surface area contributed by atoms with Crippen molar-refractivity contribution in [3.05, 3.63) is 181 Å². The van der Waals surface area contributed by atoms with Gasteiger partial charge in [-0.2, -0.15) is 0 Å². The predicted octanol–water partition coefficient (Wildman–Crippen LogP) is 6.25. The number of ether oxygens (including phenoxy) is 4. The van der Waals surface area contributed by atoms with Crippen LogP contribution in [0, 0.1) is 11.8 Å². The highest BCUT2D eigenvalue weighted by atomic mass is 16.6. The number of benzene rings is 5. The first kappa shape index (κ1) is 37.5. The van der Waals surface area contributed by atoms with Gasteiger partial charge in [0, 0.05) is 38.0 Å². The van der Waals surface area contributed by atoms with Crippen molar-refractivity contribution >= 4 is 5.69 Å². The van der Waals surface area contributed by atoms with Crippen LogP contribution in [0.3, 0.4) is 0 Å². The van der Waals surface area contributed by atoms with E-state index in [4.69, 9.17) is 18.9 Å². The van der Waals surface area contributed by atoms with Crippen LogP contribution in [0.5, 0.6) is 11.5 Å². The molecule has 0 amide bonds. The first-order valence-corrected chi connectivity index (χ1v) is 18.8. The van der Waals surface area contributed by atoms with Gasteiger partial charge in [0.15, 0.2) is 0 Å². The van der Waals surface area contributed by atoms with Crippen LogP contribution in [0.4, 0.5) is 5.69 Å². The van der Waals surface area contributed by atoms with E-state index in [1.165, 1.54) is 33.0 Å². The minimum absolute atomic E-state index is 0.0337. The van der Waals surface area contributed by atoms with E-state index in [0.29, 0.717) is 11.5 Å². The maximum Gasteiger partial charge on any atom is 0.330 e. The summed E-state index contributed by atoms with van der Waals surface area (Å²) in [5.41, 5.74) is 6.96. The summed E-state index contributed by atoms with van der Waals surface area (Å²) in [4.78, 5) is 30.6. The van der Waals surface area contributed by atoms with Crippen molar-refractivity contribution in [1.82, 2.24) is 9.55 Å². The molecule has 1 saturated heterocycles. The lowest BCUT2D eigenvalue weighted by Gasteiger charge is -2.37. The second kappa shape index (κ2) is 15.6. The third-order valence-electron chi connectivity index (χ3n) is 10.8. The second-order valence-electron chi connectivity index (χ2n) is 14.5. The van der Waals surface area contributed by atoms with Gasteiger partial charge in [-0.15, -0.1) is 0 Å². The Kier molecular flexibility index (Phi) is 10.3.